The van der Waals surface area contributed by atoms with Crippen LogP contribution in [0.1, 0.15) is 74.5 Å². The summed E-state index contributed by atoms with van der Waals surface area (Å²) in [6.45, 7) is 9.69. The molecule has 1 unspecified atom stereocenters. The Morgan fingerprint density at radius 2 is 1.74 bits per heavy atom. The number of morpholine rings is 1. The minimum Gasteiger partial charge on any atom is -0.378 e. The number of ether oxygens (including phenoxy) is 1. The maximum atomic E-state index is 14.2. The van der Waals surface area contributed by atoms with E-state index in [0.717, 1.165) is 37.4 Å². The molecule has 10 heteroatoms. The van der Waals surface area contributed by atoms with Gasteiger partial charge in [-0.15, -0.1) is 0 Å². The lowest BCUT2D eigenvalue weighted by Gasteiger charge is -2.27. The maximum Gasteiger partial charge on any atom is 0.417 e. The number of hydrogen-bond donors (Lipinski definition) is 1. The van der Waals surface area contributed by atoms with Crippen molar-refractivity contribution in [2.24, 2.45) is 5.92 Å². The normalized spacial score (nSPS) is 18.6. The summed E-state index contributed by atoms with van der Waals surface area (Å²) < 4.78 is 65.7. The molecule has 1 saturated carbocycles. The van der Waals surface area contributed by atoms with E-state index in [1.807, 2.05) is 11.5 Å². The fourth-order valence-electron chi connectivity index (χ4n) is 5.31. The van der Waals surface area contributed by atoms with Crippen molar-refractivity contribution in [3.8, 4) is 11.3 Å². The van der Waals surface area contributed by atoms with Crippen LogP contribution in [0.2, 0.25) is 0 Å². The molecule has 0 spiro atoms. The minimum atomic E-state index is -4.69. The largest absolute Gasteiger partial charge is 0.417 e. The van der Waals surface area contributed by atoms with Gasteiger partial charge in [0.25, 0.3) is 5.91 Å². The first-order valence-electron chi connectivity index (χ1n) is 13.3. The van der Waals surface area contributed by atoms with Gasteiger partial charge in [-0.1, -0.05) is 25.3 Å². The zero-order chi connectivity index (χ0) is 27.7. The zero-order valence-electron chi connectivity index (χ0n) is 22.6. The molecule has 2 aliphatic rings. The summed E-state index contributed by atoms with van der Waals surface area (Å²) in [5.41, 5.74) is 0.637. The Kier molecular flexibility index (Phi) is 8.74. The Hall–Kier alpha value is -2.17. The average molecular weight is 554 g/mol. The second-order valence-corrected chi connectivity index (χ2v) is 12.6. The van der Waals surface area contributed by atoms with E-state index in [0.29, 0.717) is 55.6 Å². The number of carbonyl (C=O) groups excluding carboxylic acids is 1. The molecule has 4 rings (SSSR count). The molecule has 1 aromatic heterocycles. The molecule has 1 saturated heterocycles. The average Bonchev–Trinajstić information content (AvgIpc) is 3.18. The van der Waals surface area contributed by atoms with E-state index in [9.17, 15) is 22.2 Å². The highest BCUT2D eigenvalue weighted by molar-refractivity contribution is 7.83. The molecule has 1 N–H and O–H groups in total. The number of hydrogen-bond acceptors (Lipinski definition) is 3. The van der Waals surface area contributed by atoms with Gasteiger partial charge in [-0.25, -0.2) is 8.93 Å². The van der Waals surface area contributed by atoms with Crippen LogP contribution in [-0.4, -0.2) is 51.4 Å². The number of carbonyl (C=O) groups is 1. The van der Waals surface area contributed by atoms with Gasteiger partial charge in [0, 0.05) is 36.6 Å². The highest BCUT2D eigenvalue weighted by Crippen LogP contribution is 2.38. The first kappa shape index (κ1) is 28.8. The van der Waals surface area contributed by atoms with Gasteiger partial charge in [0.15, 0.2) is 0 Å². The molecule has 1 aliphatic carbocycles. The predicted molar refractivity (Wildman–Crippen MR) is 142 cm³/mol. The fraction of sp³-hybridized carbons (Fsp3) is 0.607. The van der Waals surface area contributed by atoms with E-state index in [2.05, 4.69) is 4.72 Å². The van der Waals surface area contributed by atoms with Crippen LogP contribution >= 0.6 is 0 Å². The number of nitrogens with one attached hydrogen (secondary N) is 1. The lowest BCUT2D eigenvalue weighted by atomic mass is 9.89. The van der Waals surface area contributed by atoms with Crippen molar-refractivity contribution in [1.82, 2.24) is 14.2 Å². The monoisotopic (exact) mass is 553 g/mol. The van der Waals surface area contributed by atoms with Crippen molar-refractivity contribution in [2.45, 2.75) is 83.0 Å². The summed E-state index contributed by atoms with van der Waals surface area (Å²) in [7, 11) is -2.05. The van der Waals surface area contributed by atoms with E-state index in [4.69, 9.17) is 4.74 Å². The molecular weight excluding hydrogens is 515 g/mol. The molecular formula is C28H38F3N3O3S. The quantitative estimate of drug-likeness (QED) is 0.481. The molecule has 38 heavy (non-hydrogen) atoms. The lowest BCUT2D eigenvalue weighted by molar-refractivity contribution is -0.139. The predicted octanol–water partition coefficient (Wildman–Crippen LogP) is 5.95. The van der Waals surface area contributed by atoms with Gasteiger partial charge < -0.3 is 14.2 Å². The summed E-state index contributed by atoms with van der Waals surface area (Å²) in [5.74, 6) is 0.280. The van der Waals surface area contributed by atoms with Crippen molar-refractivity contribution in [3.05, 3.63) is 41.1 Å². The Bertz CT molecular complexity index is 1170. The molecule has 1 atom stereocenters. The summed E-state index contributed by atoms with van der Waals surface area (Å²) in [4.78, 5) is 14.9. The Morgan fingerprint density at radius 3 is 2.34 bits per heavy atom. The molecule has 0 radical (unpaired) electrons. The minimum absolute atomic E-state index is 0.127. The van der Waals surface area contributed by atoms with E-state index in [1.54, 1.807) is 37.8 Å². The highest BCUT2D eigenvalue weighted by Gasteiger charge is 2.36. The van der Waals surface area contributed by atoms with Crippen LogP contribution in [0.15, 0.2) is 29.2 Å². The van der Waals surface area contributed by atoms with Gasteiger partial charge in [0.05, 0.1) is 29.2 Å². The van der Waals surface area contributed by atoms with Crippen LogP contribution in [0.25, 0.3) is 11.3 Å². The number of rotatable bonds is 6. The fourth-order valence-corrected chi connectivity index (χ4v) is 6.54. The van der Waals surface area contributed by atoms with Gasteiger partial charge in [0.1, 0.15) is 11.0 Å². The van der Waals surface area contributed by atoms with Crippen molar-refractivity contribution in [2.75, 3.05) is 26.3 Å². The standard InChI is InChI=1S/C28H38F3N3O3S/c1-19-22(26(35)33-12-14-37-15-13-33)17-24(34(19)18-20-8-6-5-7-9-20)21-10-11-25(23(16-21)28(29,30)31)38(36)32-27(2,3)4/h10-11,16-17,20,32H,5-9,12-15,18H2,1-4H3. The number of aromatic nitrogens is 1. The molecule has 1 amide bonds. The first-order valence-corrected chi connectivity index (χ1v) is 14.5. The van der Waals surface area contributed by atoms with E-state index >= 15 is 0 Å². The van der Waals surface area contributed by atoms with E-state index in [-0.39, 0.29) is 10.8 Å². The number of benzene rings is 1. The van der Waals surface area contributed by atoms with Crippen LogP contribution in [-0.2, 0) is 28.4 Å². The first-order chi connectivity index (χ1) is 17.8. The molecule has 2 heterocycles. The maximum absolute atomic E-state index is 14.2. The summed E-state index contributed by atoms with van der Waals surface area (Å²) in [6.07, 6.45) is 0.911. The Labute approximate surface area is 225 Å². The smallest absolute Gasteiger partial charge is 0.378 e. The molecule has 6 nitrogen and oxygen atoms in total. The molecule has 2 fully saturated rings. The van der Waals surface area contributed by atoms with E-state index in [1.165, 1.54) is 12.5 Å². The van der Waals surface area contributed by atoms with Crippen LogP contribution < -0.4 is 4.72 Å². The van der Waals surface area contributed by atoms with Gasteiger partial charge >= 0.3 is 6.18 Å². The van der Waals surface area contributed by atoms with Gasteiger partial charge in [-0.3, -0.25) is 4.79 Å². The van der Waals surface area contributed by atoms with Crippen LogP contribution in [0.4, 0.5) is 13.2 Å². The summed E-state index contributed by atoms with van der Waals surface area (Å²) in [6, 6.07) is 5.69. The summed E-state index contributed by atoms with van der Waals surface area (Å²) >= 11 is 0. The van der Waals surface area contributed by atoms with Crippen LogP contribution in [0, 0.1) is 12.8 Å². The second-order valence-electron chi connectivity index (χ2n) is 11.4. The van der Waals surface area contributed by atoms with Gasteiger partial charge in [-0.2, -0.15) is 13.2 Å². The molecule has 210 valence electrons. The Balaban J connectivity index is 1.79. The number of halogens is 3. The highest BCUT2D eigenvalue weighted by atomic mass is 32.2. The van der Waals surface area contributed by atoms with Gasteiger partial charge in [-0.05, 0) is 70.2 Å². The third-order valence-electron chi connectivity index (χ3n) is 7.24. The van der Waals surface area contributed by atoms with Crippen molar-refractivity contribution in [1.29, 1.82) is 0 Å². The second kappa shape index (κ2) is 11.5. The lowest BCUT2D eigenvalue weighted by Crippen LogP contribution is -2.40. The van der Waals surface area contributed by atoms with E-state index < -0.39 is 28.3 Å². The van der Waals surface area contributed by atoms with Crippen molar-refractivity contribution >= 4 is 16.9 Å². The molecule has 1 aliphatic heterocycles. The number of alkyl halides is 3. The Morgan fingerprint density at radius 1 is 1.08 bits per heavy atom. The topological polar surface area (TPSA) is 63.6 Å². The van der Waals surface area contributed by atoms with Crippen molar-refractivity contribution < 1.29 is 26.9 Å². The number of amides is 1. The third-order valence-corrected chi connectivity index (χ3v) is 8.79. The van der Waals surface area contributed by atoms with Crippen LogP contribution in [0.3, 0.4) is 0 Å². The molecule has 2 aromatic rings. The molecule has 1 aromatic carbocycles. The SMILES string of the molecule is Cc1c(C(=O)N2CCOCC2)cc(-c2ccc(S(=O)NC(C)(C)C)c(C(F)(F)F)c2)n1CC1CCCCC1. The number of nitrogens with zero attached hydrogens (tertiary/aromatic N) is 2. The van der Waals surface area contributed by atoms with Crippen molar-refractivity contribution in [3.63, 3.8) is 0 Å². The van der Waals surface area contributed by atoms with Crippen LogP contribution in [0.5, 0.6) is 0 Å². The molecule has 0 bridgehead atoms. The zero-order valence-corrected chi connectivity index (χ0v) is 23.4. The third kappa shape index (κ3) is 6.69. The summed E-state index contributed by atoms with van der Waals surface area (Å²) in [5, 5.41) is 0. The van der Waals surface area contributed by atoms with Gasteiger partial charge in [0.2, 0.25) is 0 Å².